The molecule has 0 aromatic heterocycles. The average molecular weight is 288 g/mol. The second kappa shape index (κ2) is 4.63. The molecule has 2 aromatic carbocycles. The molecule has 0 fully saturated rings. The van der Waals surface area contributed by atoms with E-state index in [1.54, 1.807) is 32.0 Å². The summed E-state index contributed by atoms with van der Waals surface area (Å²) >= 11 is 0. The van der Waals surface area contributed by atoms with E-state index >= 15 is 0 Å². The van der Waals surface area contributed by atoms with Crippen molar-refractivity contribution in [3.63, 3.8) is 0 Å². The summed E-state index contributed by atoms with van der Waals surface area (Å²) in [5, 5.41) is 21.9. The van der Waals surface area contributed by atoms with Gasteiger partial charge in [-0.15, -0.1) is 0 Å². The molecule has 0 saturated carbocycles. The Bertz CT molecular complexity index is 750. The van der Waals surface area contributed by atoms with Crippen molar-refractivity contribution in [1.29, 1.82) is 0 Å². The number of rotatable bonds is 1. The van der Waals surface area contributed by atoms with Crippen LogP contribution in [0.2, 0.25) is 0 Å². The first-order valence-electron chi connectivity index (χ1n) is 6.71. The van der Waals surface area contributed by atoms with Crippen molar-refractivity contribution in [2.75, 3.05) is 7.11 Å². The van der Waals surface area contributed by atoms with E-state index in [-0.39, 0.29) is 22.8 Å². The molecular formula is C16H16O5. The molecule has 2 atom stereocenters. The third kappa shape index (κ3) is 1.77. The molecule has 5 heteroatoms. The van der Waals surface area contributed by atoms with Gasteiger partial charge < -0.3 is 19.7 Å². The Morgan fingerprint density at radius 1 is 1.14 bits per heavy atom. The topological polar surface area (TPSA) is 76.0 Å². The Morgan fingerprint density at radius 3 is 2.52 bits per heavy atom. The molecule has 1 aliphatic rings. The lowest BCUT2D eigenvalue weighted by Crippen LogP contribution is -2.29. The highest BCUT2D eigenvalue weighted by atomic mass is 16.5. The van der Waals surface area contributed by atoms with Gasteiger partial charge in [-0.3, -0.25) is 4.79 Å². The van der Waals surface area contributed by atoms with Gasteiger partial charge >= 0.3 is 0 Å². The molecule has 0 aliphatic carbocycles. The number of hydrogen-bond acceptors (Lipinski definition) is 5. The highest BCUT2D eigenvalue weighted by Crippen LogP contribution is 2.48. The van der Waals surface area contributed by atoms with Gasteiger partial charge in [0.1, 0.15) is 23.4 Å². The molecule has 1 aliphatic heterocycles. The van der Waals surface area contributed by atoms with Crippen LogP contribution in [0.25, 0.3) is 10.8 Å². The number of carbonyl (C=O) groups excluding carboxylic acids is 1. The van der Waals surface area contributed by atoms with Crippen LogP contribution in [0.4, 0.5) is 0 Å². The Kier molecular flexibility index (Phi) is 3.02. The van der Waals surface area contributed by atoms with Gasteiger partial charge in [0.2, 0.25) is 0 Å². The van der Waals surface area contributed by atoms with Crippen LogP contribution in [0.3, 0.4) is 0 Å². The second-order valence-corrected chi connectivity index (χ2v) is 5.15. The number of aromatic hydroxyl groups is 2. The van der Waals surface area contributed by atoms with Gasteiger partial charge in [0.25, 0.3) is 0 Å². The van der Waals surface area contributed by atoms with Crippen molar-refractivity contribution < 1.29 is 24.5 Å². The summed E-state index contributed by atoms with van der Waals surface area (Å²) in [5.74, 6) is -0.117. The third-order valence-corrected chi connectivity index (χ3v) is 3.93. The molecule has 0 spiro atoms. The van der Waals surface area contributed by atoms with E-state index in [1.807, 2.05) is 0 Å². The third-order valence-electron chi connectivity index (χ3n) is 3.93. The standard InChI is InChI=1S/C16H16O5/c1-7-11-13(14(17)8(2)21-7)15(18)9-5-4-6-10(20-3)12(9)16(11)19/h4-8,18-19H,1-3H3/t7-,8+/m0/s1. The van der Waals surface area contributed by atoms with Gasteiger partial charge in [0.15, 0.2) is 5.78 Å². The molecule has 0 bridgehead atoms. The Labute approximate surface area is 121 Å². The van der Waals surface area contributed by atoms with Gasteiger partial charge in [-0.25, -0.2) is 0 Å². The van der Waals surface area contributed by atoms with Crippen LogP contribution in [-0.2, 0) is 4.74 Å². The SMILES string of the molecule is COc1cccc2c(O)c3c(c(O)c12)[C@H](C)O[C@H](C)C3=O. The first kappa shape index (κ1) is 13.7. The largest absolute Gasteiger partial charge is 0.507 e. The molecule has 3 rings (SSSR count). The summed E-state index contributed by atoms with van der Waals surface area (Å²) in [6.07, 6.45) is -1.14. The summed E-state index contributed by atoms with van der Waals surface area (Å²) in [7, 11) is 1.48. The van der Waals surface area contributed by atoms with Gasteiger partial charge in [-0.1, -0.05) is 12.1 Å². The van der Waals surface area contributed by atoms with E-state index in [2.05, 4.69) is 0 Å². The molecular weight excluding hydrogens is 272 g/mol. The number of ether oxygens (including phenoxy) is 2. The maximum Gasteiger partial charge on any atom is 0.195 e. The zero-order valence-electron chi connectivity index (χ0n) is 12.0. The first-order valence-corrected chi connectivity index (χ1v) is 6.71. The van der Waals surface area contributed by atoms with Crippen LogP contribution in [0.1, 0.15) is 35.9 Å². The fourth-order valence-electron chi connectivity index (χ4n) is 2.94. The van der Waals surface area contributed by atoms with Crippen molar-refractivity contribution in [2.24, 2.45) is 0 Å². The summed E-state index contributed by atoms with van der Waals surface area (Å²) in [6, 6.07) is 5.03. The minimum absolute atomic E-state index is 0.0806. The lowest BCUT2D eigenvalue weighted by Gasteiger charge is -2.29. The molecule has 0 amide bonds. The van der Waals surface area contributed by atoms with E-state index in [1.165, 1.54) is 7.11 Å². The predicted octanol–water partition coefficient (Wildman–Crippen LogP) is 2.92. The molecule has 0 unspecified atom stereocenters. The molecule has 1 heterocycles. The Balaban J connectivity index is 2.49. The fraction of sp³-hybridized carbons (Fsp3) is 0.312. The van der Waals surface area contributed by atoms with Crippen LogP contribution >= 0.6 is 0 Å². The van der Waals surface area contributed by atoms with Gasteiger partial charge in [0.05, 0.1) is 24.2 Å². The van der Waals surface area contributed by atoms with Crippen LogP contribution in [0, 0.1) is 0 Å². The zero-order valence-corrected chi connectivity index (χ0v) is 12.0. The number of fused-ring (bicyclic) bond motifs is 2. The van der Waals surface area contributed by atoms with Gasteiger partial charge in [0, 0.05) is 10.9 Å². The van der Waals surface area contributed by atoms with Crippen molar-refractivity contribution in [3.05, 3.63) is 29.3 Å². The highest BCUT2D eigenvalue weighted by Gasteiger charge is 2.36. The number of ketones is 1. The number of hydrogen-bond donors (Lipinski definition) is 2. The summed E-state index contributed by atoms with van der Waals surface area (Å²) in [5.41, 5.74) is 0.451. The number of carbonyl (C=O) groups is 1. The normalized spacial score (nSPS) is 21.4. The number of Topliss-reactive ketones (excluding diaryl/α,β-unsaturated/α-hetero) is 1. The van der Waals surface area contributed by atoms with E-state index in [0.717, 1.165) is 0 Å². The zero-order chi connectivity index (χ0) is 15.3. The molecule has 0 radical (unpaired) electrons. The number of methoxy groups -OCH3 is 1. The van der Waals surface area contributed by atoms with Crippen molar-refractivity contribution in [3.8, 4) is 17.2 Å². The Morgan fingerprint density at radius 2 is 1.86 bits per heavy atom. The van der Waals surface area contributed by atoms with E-state index < -0.39 is 12.2 Å². The summed E-state index contributed by atoms with van der Waals surface area (Å²) < 4.78 is 10.8. The van der Waals surface area contributed by atoms with Crippen LogP contribution in [-0.4, -0.2) is 29.2 Å². The molecule has 110 valence electrons. The fourth-order valence-corrected chi connectivity index (χ4v) is 2.94. The monoisotopic (exact) mass is 288 g/mol. The lowest BCUT2D eigenvalue weighted by molar-refractivity contribution is 0.00187. The van der Waals surface area contributed by atoms with Gasteiger partial charge in [-0.2, -0.15) is 0 Å². The minimum atomic E-state index is -0.652. The molecule has 0 saturated heterocycles. The van der Waals surface area contributed by atoms with Crippen LogP contribution in [0.5, 0.6) is 17.2 Å². The van der Waals surface area contributed by atoms with E-state index in [9.17, 15) is 15.0 Å². The number of phenolic OH excluding ortho intramolecular Hbond substituents is 2. The van der Waals surface area contributed by atoms with E-state index in [0.29, 0.717) is 22.1 Å². The molecule has 2 N–H and O–H groups in total. The number of benzene rings is 2. The Hall–Kier alpha value is -2.27. The van der Waals surface area contributed by atoms with E-state index in [4.69, 9.17) is 9.47 Å². The van der Waals surface area contributed by atoms with Crippen molar-refractivity contribution in [1.82, 2.24) is 0 Å². The second-order valence-electron chi connectivity index (χ2n) is 5.15. The quantitative estimate of drug-likeness (QED) is 0.789. The summed E-state index contributed by atoms with van der Waals surface area (Å²) in [6.45, 7) is 3.37. The maximum atomic E-state index is 12.3. The van der Waals surface area contributed by atoms with Crippen LogP contribution in [0.15, 0.2) is 18.2 Å². The summed E-state index contributed by atoms with van der Waals surface area (Å²) in [4.78, 5) is 12.3. The first-order chi connectivity index (χ1) is 9.97. The van der Waals surface area contributed by atoms with Gasteiger partial charge in [-0.05, 0) is 19.9 Å². The van der Waals surface area contributed by atoms with Crippen molar-refractivity contribution in [2.45, 2.75) is 26.1 Å². The molecule has 21 heavy (non-hydrogen) atoms. The smallest absolute Gasteiger partial charge is 0.195 e. The highest BCUT2D eigenvalue weighted by molar-refractivity contribution is 6.12. The maximum absolute atomic E-state index is 12.3. The minimum Gasteiger partial charge on any atom is -0.507 e. The van der Waals surface area contributed by atoms with Crippen molar-refractivity contribution >= 4 is 16.6 Å². The molecule has 5 nitrogen and oxygen atoms in total. The average Bonchev–Trinajstić information content (AvgIpc) is 2.47. The number of phenols is 2. The van der Waals surface area contributed by atoms with Crippen LogP contribution < -0.4 is 4.74 Å². The lowest BCUT2D eigenvalue weighted by atomic mass is 9.88. The molecule has 2 aromatic rings. The predicted molar refractivity (Wildman–Crippen MR) is 77.1 cm³/mol.